The van der Waals surface area contributed by atoms with Gasteiger partial charge in [0.25, 0.3) is 0 Å². The molecule has 1 amide bonds. The molecule has 0 aromatic heterocycles. The predicted octanol–water partition coefficient (Wildman–Crippen LogP) is 0.851. The lowest BCUT2D eigenvalue weighted by Crippen LogP contribution is -2.39. The monoisotopic (exact) mass is 280 g/mol. The highest BCUT2D eigenvalue weighted by molar-refractivity contribution is 5.77. The number of amides is 1. The second kappa shape index (κ2) is 9.34. The minimum atomic E-state index is -0.643. The first kappa shape index (κ1) is 16.5. The summed E-state index contributed by atoms with van der Waals surface area (Å²) in [5.41, 5.74) is 1.16. The van der Waals surface area contributed by atoms with E-state index >= 15 is 0 Å². The predicted molar refractivity (Wildman–Crippen MR) is 78.9 cm³/mol. The van der Waals surface area contributed by atoms with E-state index in [9.17, 15) is 9.90 Å². The maximum Gasteiger partial charge on any atom is 0.233 e. The Labute approximate surface area is 120 Å². The zero-order valence-corrected chi connectivity index (χ0v) is 12.2. The molecule has 112 valence electrons. The maximum absolute atomic E-state index is 11.3. The van der Waals surface area contributed by atoms with Crippen molar-refractivity contribution in [3.8, 4) is 5.75 Å². The molecule has 0 spiro atoms. The molecule has 0 aliphatic heterocycles. The SMILES string of the molecule is CCCNC(=O)CNCC(O)COc1ccc(C)cc1. The van der Waals surface area contributed by atoms with Crippen molar-refractivity contribution in [3.63, 3.8) is 0 Å². The highest BCUT2D eigenvalue weighted by Crippen LogP contribution is 2.11. The average molecular weight is 280 g/mol. The molecule has 0 bridgehead atoms. The van der Waals surface area contributed by atoms with Crippen molar-refractivity contribution in [2.75, 3.05) is 26.2 Å². The van der Waals surface area contributed by atoms with E-state index in [1.54, 1.807) is 0 Å². The van der Waals surface area contributed by atoms with Gasteiger partial charge in [-0.15, -0.1) is 0 Å². The number of hydrogen-bond donors (Lipinski definition) is 3. The Hall–Kier alpha value is -1.59. The third-order valence-corrected chi connectivity index (χ3v) is 2.70. The van der Waals surface area contributed by atoms with Crippen molar-refractivity contribution in [2.45, 2.75) is 26.4 Å². The van der Waals surface area contributed by atoms with E-state index < -0.39 is 6.10 Å². The molecule has 20 heavy (non-hydrogen) atoms. The second-order valence-electron chi connectivity index (χ2n) is 4.76. The Morgan fingerprint density at radius 1 is 1.35 bits per heavy atom. The van der Waals surface area contributed by atoms with Crippen LogP contribution < -0.4 is 15.4 Å². The normalized spacial score (nSPS) is 11.9. The molecule has 0 heterocycles. The summed E-state index contributed by atoms with van der Waals surface area (Å²) in [7, 11) is 0. The lowest BCUT2D eigenvalue weighted by molar-refractivity contribution is -0.120. The van der Waals surface area contributed by atoms with E-state index in [1.807, 2.05) is 38.1 Å². The van der Waals surface area contributed by atoms with Crippen LogP contribution in [0.4, 0.5) is 0 Å². The molecule has 5 heteroatoms. The lowest BCUT2D eigenvalue weighted by atomic mass is 10.2. The van der Waals surface area contributed by atoms with Gasteiger partial charge in [0.2, 0.25) is 5.91 Å². The highest BCUT2D eigenvalue weighted by Gasteiger charge is 2.06. The number of carbonyl (C=O) groups excluding carboxylic acids is 1. The molecular formula is C15H24N2O3. The van der Waals surface area contributed by atoms with Crippen LogP contribution in [-0.2, 0) is 4.79 Å². The topological polar surface area (TPSA) is 70.6 Å². The van der Waals surface area contributed by atoms with Crippen LogP contribution in [-0.4, -0.2) is 43.4 Å². The van der Waals surface area contributed by atoms with Crippen LogP contribution in [0.25, 0.3) is 0 Å². The molecule has 1 rings (SSSR count). The molecule has 3 N–H and O–H groups in total. The van der Waals surface area contributed by atoms with Crippen LogP contribution in [0.5, 0.6) is 5.75 Å². The van der Waals surface area contributed by atoms with E-state index in [2.05, 4.69) is 10.6 Å². The van der Waals surface area contributed by atoms with Crippen LogP contribution in [0.1, 0.15) is 18.9 Å². The van der Waals surface area contributed by atoms with Crippen LogP contribution >= 0.6 is 0 Å². The zero-order chi connectivity index (χ0) is 14.8. The van der Waals surface area contributed by atoms with Gasteiger partial charge in [-0.2, -0.15) is 0 Å². The number of rotatable bonds is 9. The average Bonchev–Trinajstić information content (AvgIpc) is 2.44. The number of carbonyl (C=O) groups is 1. The Morgan fingerprint density at radius 3 is 2.70 bits per heavy atom. The highest BCUT2D eigenvalue weighted by atomic mass is 16.5. The second-order valence-corrected chi connectivity index (χ2v) is 4.76. The number of aryl methyl sites for hydroxylation is 1. The summed E-state index contributed by atoms with van der Waals surface area (Å²) < 4.78 is 5.45. The Bertz CT molecular complexity index is 393. The fourth-order valence-electron chi connectivity index (χ4n) is 1.57. The first-order valence-corrected chi connectivity index (χ1v) is 6.96. The van der Waals surface area contributed by atoms with Gasteiger partial charge in [-0.3, -0.25) is 4.79 Å². The third kappa shape index (κ3) is 7.11. The molecule has 0 fully saturated rings. The van der Waals surface area contributed by atoms with Gasteiger partial charge >= 0.3 is 0 Å². The van der Waals surface area contributed by atoms with E-state index in [-0.39, 0.29) is 19.1 Å². The van der Waals surface area contributed by atoms with Gasteiger partial charge in [-0.25, -0.2) is 0 Å². The minimum absolute atomic E-state index is 0.0569. The van der Waals surface area contributed by atoms with E-state index in [0.29, 0.717) is 13.1 Å². The van der Waals surface area contributed by atoms with Gasteiger partial charge in [-0.1, -0.05) is 24.6 Å². The van der Waals surface area contributed by atoms with E-state index in [1.165, 1.54) is 0 Å². The zero-order valence-electron chi connectivity index (χ0n) is 12.2. The first-order valence-electron chi connectivity index (χ1n) is 6.96. The number of hydrogen-bond acceptors (Lipinski definition) is 4. The van der Waals surface area contributed by atoms with Crippen LogP contribution in [0.3, 0.4) is 0 Å². The Kier molecular flexibility index (Phi) is 7.69. The van der Waals surface area contributed by atoms with Crippen molar-refractivity contribution in [1.29, 1.82) is 0 Å². The number of nitrogens with one attached hydrogen (secondary N) is 2. The Balaban J connectivity index is 2.12. The molecule has 1 aromatic carbocycles. The fraction of sp³-hybridized carbons (Fsp3) is 0.533. The van der Waals surface area contributed by atoms with Crippen LogP contribution in [0, 0.1) is 6.92 Å². The van der Waals surface area contributed by atoms with Gasteiger partial charge in [-0.05, 0) is 25.5 Å². The lowest BCUT2D eigenvalue weighted by Gasteiger charge is -2.13. The molecule has 0 radical (unpaired) electrons. The standard InChI is InChI=1S/C15H24N2O3/c1-3-8-17-15(19)10-16-9-13(18)11-20-14-6-4-12(2)5-7-14/h4-7,13,16,18H,3,8-11H2,1-2H3,(H,17,19). The third-order valence-electron chi connectivity index (χ3n) is 2.70. The van der Waals surface area contributed by atoms with Crippen molar-refractivity contribution < 1.29 is 14.6 Å². The number of aliphatic hydroxyl groups excluding tert-OH is 1. The summed E-state index contributed by atoms with van der Waals surface area (Å²) in [6.07, 6.45) is 0.272. The quantitative estimate of drug-likeness (QED) is 0.627. The van der Waals surface area contributed by atoms with Crippen molar-refractivity contribution in [2.24, 2.45) is 0 Å². The summed E-state index contributed by atoms with van der Waals surface area (Å²) in [4.78, 5) is 11.3. The molecule has 0 saturated heterocycles. The largest absolute Gasteiger partial charge is 0.491 e. The number of aliphatic hydroxyl groups is 1. The van der Waals surface area contributed by atoms with Crippen molar-refractivity contribution in [1.82, 2.24) is 10.6 Å². The number of benzene rings is 1. The van der Waals surface area contributed by atoms with Crippen LogP contribution in [0.15, 0.2) is 24.3 Å². The molecular weight excluding hydrogens is 256 g/mol. The summed E-state index contributed by atoms with van der Waals surface area (Å²) in [6.45, 7) is 5.42. The molecule has 0 aliphatic carbocycles. The molecule has 1 atom stereocenters. The fourth-order valence-corrected chi connectivity index (χ4v) is 1.57. The van der Waals surface area contributed by atoms with E-state index in [0.717, 1.165) is 17.7 Å². The smallest absolute Gasteiger partial charge is 0.233 e. The molecule has 1 unspecified atom stereocenters. The first-order chi connectivity index (χ1) is 9.61. The summed E-state index contributed by atoms with van der Waals surface area (Å²) >= 11 is 0. The molecule has 0 saturated carbocycles. The van der Waals surface area contributed by atoms with Gasteiger partial charge in [0.15, 0.2) is 0 Å². The molecule has 1 aromatic rings. The van der Waals surface area contributed by atoms with E-state index in [4.69, 9.17) is 4.74 Å². The van der Waals surface area contributed by atoms with Gasteiger partial charge in [0, 0.05) is 13.1 Å². The Morgan fingerprint density at radius 2 is 2.05 bits per heavy atom. The van der Waals surface area contributed by atoms with Gasteiger partial charge < -0.3 is 20.5 Å². The van der Waals surface area contributed by atoms with Crippen molar-refractivity contribution >= 4 is 5.91 Å². The molecule has 0 aliphatic rings. The number of ether oxygens (including phenoxy) is 1. The van der Waals surface area contributed by atoms with Gasteiger partial charge in [0.1, 0.15) is 18.5 Å². The summed E-state index contributed by atoms with van der Waals surface area (Å²) in [5, 5.41) is 15.4. The molecule has 5 nitrogen and oxygen atoms in total. The summed E-state index contributed by atoms with van der Waals surface area (Å²) in [6, 6.07) is 7.65. The van der Waals surface area contributed by atoms with Crippen molar-refractivity contribution in [3.05, 3.63) is 29.8 Å². The minimum Gasteiger partial charge on any atom is -0.491 e. The summed E-state index contributed by atoms with van der Waals surface area (Å²) in [5.74, 6) is 0.675. The van der Waals surface area contributed by atoms with Crippen LogP contribution in [0.2, 0.25) is 0 Å². The van der Waals surface area contributed by atoms with Gasteiger partial charge in [0.05, 0.1) is 6.54 Å². The maximum atomic E-state index is 11.3.